The Kier molecular flexibility index (Phi) is 5.38. The Morgan fingerprint density at radius 1 is 0.963 bits per heavy atom. The highest BCUT2D eigenvalue weighted by Gasteiger charge is 2.22. The number of carbonyl (C=O) groups is 1. The zero-order chi connectivity index (χ0) is 18.6. The number of aromatic nitrogens is 3. The topological polar surface area (TPSA) is 63.4 Å². The molecule has 0 aliphatic carbocycles. The number of nitrogens with zero attached hydrogens (tertiary/aromatic N) is 5. The fourth-order valence-electron chi connectivity index (χ4n) is 3.98. The summed E-state index contributed by atoms with van der Waals surface area (Å²) in [6.45, 7) is 5.69. The number of benzene rings is 1. The van der Waals surface area contributed by atoms with Crippen LogP contribution in [0.5, 0.6) is 0 Å². The van der Waals surface area contributed by atoms with Gasteiger partial charge >= 0.3 is 5.69 Å². The predicted molar refractivity (Wildman–Crippen MR) is 103 cm³/mol. The molecule has 0 saturated carbocycles. The standard InChI is InChI=1S/C20H27N5O2/c26-19(17-7-2-1-3-8-17)23-15-13-22(14-16-23)10-6-12-25-20(27)24-11-5-4-9-18(24)21-25/h1-3,7-8H,4-6,9-16H2. The van der Waals surface area contributed by atoms with Crippen molar-refractivity contribution in [3.8, 4) is 0 Å². The molecular weight excluding hydrogens is 342 g/mol. The van der Waals surface area contributed by atoms with Crippen LogP contribution in [0.3, 0.4) is 0 Å². The van der Waals surface area contributed by atoms with Gasteiger partial charge in [-0.3, -0.25) is 14.3 Å². The van der Waals surface area contributed by atoms with Gasteiger partial charge in [0, 0.05) is 57.8 Å². The summed E-state index contributed by atoms with van der Waals surface area (Å²) in [5.74, 6) is 1.06. The second kappa shape index (κ2) is 8.08. The quantitative estimate of drug-likeness (QED) is 0.795. The highest BCUT2D eigenvalue weighted by Crippen LogP contribution is 2.11. The second-order valence-electron chi connectivity index (χ2n) is 7.38. The lowest BCUT2D eigenvalue weighted by atomic mass is 10.2. The smallest absolute Gasteiger partial charge is 0.336 e. The van der Waals surface area contributed by atoms with Crippen molar-refractivity contribution in [3.63, 3.8) is 0 Å². The molecule has 4 rings (SSSR count). The van der Waals surface area contributed by atoms with Gasteiger partial charge in [-0.05, 0) is 31.4 Å². The molecule has 1 saturated heterocycles. The van der Waals surface area contributed by atoms with Crippen LogP contribution in [0.1, 0.15) is 35.4 Å². The van der Waals surface area contributed by atoms with Crippen molar-refractivity contribution in [1.82, 2.24) is 24.1 Å². The number of amides is 1. The molecule has 1 amide bonds. The maximum Gasteiger partial charge on any atom is 0.345 e. The maximum absolute atomic E-state index is 12.5. The lowest BCUT2D eigenvalue weighted by Gasteiger charge is -2.34. The summed E-state index contributed by atoms with van der Waals surface area (Å²) in [5, 5.41) is 4.50. The average molecular weight is 369 g/mol. The minimum Gasteiger partial charge on any atom is -0.336 e. The molecule has 0 N–H and O–H groups in total. The van der Waals surface area contributed by atoms with Crippen molar-refractivity contribution < 1.29 is 4.79 Å². The van der Waals surface area contributed by atoms with E-state index in [1.54, 1.807) is 4.68 Å². The third-order valence-corrected chi connectivity index (χ3v) is 5.56. The van der Waals surface area contributed by atoms with Gasteiger partial charge in [-0.25, -0.2) is 9.48 Å². The van der Waals surface area contributed by atoms with E-state index < -0.39 is 0 Å². The van der Waals surface area contributed by atoms with Crippen LogP contribution in [0.2, 0.25) is 0 Å². The summed E-state index contributed by atoms with van der Waals surface area (Å²) in [4.78, 5) is 29.2. The first kappa shape index (κ1) is 18.0. The molecule has 0 atom stereocenters. The molecule has 2 aromatic rings. The molecule has 1 aromatic heterocycles. The van der Waals surface area contributed by atoms with E-state index >= 15 is 0 Å². The molecule has 7 heteroatoms. The van der Waals surface area contributed by atoms with Crippen molar-refractivity contribution >= 4 is 5.91 Å². The monoisotopic (exact) mass is 369 g/mol. The summed E-state index contributed by atoms with van der Waals surface area (Å²) in [6.07, 6.45) is 4.02. The SMILES string of the molecule is O=C(c1ccccc1)N1CCN(CCCn2nc3n(c2=O)CCCC3)CC1. The van der Waals surface area contributed by atoms with Crippen LogP contribution < -0.4 is 5.69 Å². The van der Waals surface area contributed by atoms with E-state index in [2.05, 4.69) is 10.00 Å². The lowest BCUT2D eigenvalue weighted by molar-refractivity contribution is 0.0634. The Hall–Kier alpha value is -2.41. The van der Waals surface area contributed by atoms with Gasteiger partial charge in [0.05, 0.1) is 0 Å². The zero-order valence-electron chi connectivity index (χ0n) is 15.7. The number of aryl methyl sites for hydroxylation is 2. The van der Waals surface area contributed by atoms with Gasteiger partial charge in [-0.15, -0.1) is 0 Å². The molecule has 144 valence electrons. The highest BCUT2D eigenvalue weighted by atomic mass is 16.2. The largest absolute Gasteiger partial charge is 0.345 e. The van der Waals surface area contributed by atoms with Crippen molar-refractivity contribution in [3.05, 3.63) is 52.2 Å². The molecule has 2 aliphatic heterocycles. The summed E-state index contributed by atoms with van der Waals surface area (Å²) in [6, 6.07) is 9.47. The zero-order valence-corrected chi connectivity index (χ0v) is 15.7. The van der Waals surface area contributed by atoms with Crippen LogP contribution in [0.15, 0.2) is 35.1 Å². The Morgan fingerprint density at radius 3 is 2.48 bits per heavy atom. The molecule has 3 heterocycles. The van der Waals surface area contributed by atoms with Crippen molar-refractivity contribution in [1.29, 1.82) is 0 Å². The van der Waals surface area contributed by atoms with E-state index in [0.29, 0.717) is 6.54 Å². The minimum absolute atomic E-state index is 0.0444. The van der Waals surface area contributed by atoms with E-state index in [4.69, 9.17) is 0 Å². The van der Waals surface area contributed by atoms with Gasteiger partial charge < -0.3 is 4.90 Å². The van der Waals surface area contributed by atoms with Crippen molar-refractivity contribution in [2.75, 3.05) is 32.7 Å². The molecule has 0 unspecified atom stereocenters. The number of piperazine rings is 1. The van der Waals surface area contributed by atoms with E-state index in [1.165, 1.54) is 0 Å². The van der Waals surface area contributed by atoms with Crippen molar-refractivity contribution in [2.24, 2.45) is 0 Å². The Labute approximate surface area is 159 Å². The Balaban J connectivity index is 1.24. The Morgan fingerprint density at radius 2 is 1.74 bits per heavy atom. The van der Waals surface area contributed by atoms with Crippen LogP contribution >= 0.6 is 0 Å². The first-order valence-corrected chi connectivity index (χ1v) is 9.95. The third-order valence-electron chi connectivity index (χ3n) is 5.56. The van der Waals surface area contributed by atoms with Gasteiger partial charge in [0.15, 0.2) is 0 Å². The van der Waals surface area contributed by atoms with E-state index in [9.17, 15) is 9.59 Å². The summed E-state index contributed by atoms with van der Waals surface area (Å²) in [5.41, 5.74) is 0.803. The predicted octanol–water partition coefficient (Wildman–Crippen LogP) is 1.23. The second-order valence-corrected chi connectivity index (χ2v) is 7.38. The van der Waals surface area contributed by atoms with Gasteiger partial charge in [-0.2, -0.15) is 5.10 Å². The Bertz CT molecular complexity index is 834. The molecule has 1 fully saturated rings. The van der Waals surface area contributed by atoms with E-state index in [0.717, 1.165) is 76.3 Å². The molecule has 0 radical (unpaired) electrons. The molecule has 7 nitrogen and oxygen atoms in total. The first-order valence-electron chi connectivity index (χ1n) is 9.95. The summed E-state index contributed by atoms with van der Waals surface area (Å²) >= 11 is 0. The van der Waals surface area contributed by atoms with Crippen LogP contribution in [-0.2, 0) is 19.5 Å². The molecular formula is C20H27N5O2. The molecule has 0 bridgehead atoms. The number of carbonyl (C=O) groups excluding carboxylic acids is 1. The molecule has 2 aliphatic rings. The van der Waals surface area contributed by atoms with Gasteiger partial charge in [0.2, 0.25) is 0 Å². The lowest BCUT2D eigenvalue weighted by Crippen LogP contribution is -2.49. The van der Waals surface area contributed by atoms with Crippen LogP contribution in [0.4, 0.5) is 0 Å². The minimum atomic E-state index is 0.0444. The van der Waals surface area contributed by atoms with Gasteiger partial charge in [0.1, 0.15) is 5.82 Å². The fraction of sp³-hybridized carbons (Fsp3) is 0.550. The van der Waals surface area contributed by atoms with Crippen molar-refractivity contribution in [2.45, 2.75) is 38.8 Å². The highest BCUT2D eigenvalue weighted by molar-refractivity contribution is 5.94. The van der Waals surface area contributed by atoms with Gasteiger partial charge in [-0.1, -0.05) is 18.2 Å². The first-order chi connectivity index (χ1) is 13.2. The van der Waals surface area contributed by atoms with E-state index in [-0.39, 0.29) is 11.6 Å². The summed E-state index contributed by atoms with van der Waals surface area (Å²) in [7, 11) is 0. The fourth-order valence-corrected chi connectivity index (χ4v) is 3.98. The number of fused-ring (bicyclic) bond motifs is 1. The van der Waals surface area contributed by atoms with Gasteiger partial charge in [0.25, 0.3) is 5.91 Å². The molecule has 0 spiro atoms. The number of hydrogen-bond acceptors (Lipinski definition) is 4. The van der Waals surface area contributed by atoms with Crippen LogP contribution in [0, 0.1) is 0 Å². The summed E-state index contributed by atoms with van der Waals surface area (Å²) < 4.78 is 3.47. The molecule has 1 aromatic carbocycles. The molecule has 27 heavy (non-hydrogen) atoms. The van der Waals surface area contributed by atoms with Crippen LogP contribution in [-0.4, -0.2) is 62.8 Å². The normalized spacial score (nSPS) is 17.7. The number of hydrogen-bond donors (Lipinski definition) is 0. The third kappa shape index (κ3) is 3.98. The average Bonchev–Trinajstić information content (AvgIpc) is 3.05. The number of rotatable bonds is 5. The van der Waals surface area contributed by atoms with E-state index in [1.807, 2.05) is 39.8 Å². The maximum atomic E-state index is 12.5. The van der Waals surface area contributed by atoms with Crippen LogP contribution in [0.25, 0.3) is 0 Å².